The van der Waals surface area contributed by atoms with Gasteiger partial charge in [-0.2, -0.15) is 0 Å². The minimum absolute atomic E-state index is 0.178. The first kappa shape index (κ1) is 13.8. The van der Waals surface area contributed by atoms with Crippen LogP contribution in [0.25, 0.3) is 0 Å². The summed E-state index contributed by atoms with van der Waals surface area (Å²) in [5, 5.41) is 2.61. The van der Waals surface area contributed by atoms with Gasteiger partial charge in [0, 0.05) is 12.1 Å². The fourth-order valence-corrected chi connectivity index (χ4v) is 2.69. The number of amides is 1. The molecule has 2 aromatic rings. The summed E-state index contributed by atoms with van der Waals surface area (Å²) in [7, 11) is 0. The lowest BCUT2D eigenvalue weighted by Gasteiger charge is -2.09. The predicted molar refractivity (Wildman–Crippen MR) is 80.7 cm³/mol. The van der Waals surface area contributed by atoms with E-state index in [9.17, 15) is 9.18 Å². The number of rotatable bonds is 3. The first-order chi connectivity index (χ1) is 10.2. The van der Waals surface area contributed by atoms with E-state index in [1.807, 2.05) is 12.1 Å². The van der Waals surface area contributed by atoms with Crippen molar-refractivity contribution in [2.75, 3.05) is 5.32 Å². The summed E-state index contributed by atoms with van der Waals surface area (Å²) in [6.45, 7) is 0.274. The molecule has 3 nitrogen and oxygen atoms in total. The summed E-state index contributed by atoms with van der Waals surface area (Å²) < 4.78 is 13.9. The van der Waals surface area contributed by atoms with E-state index < -0.39 is 5.82 Å². The third kappa shape index (κ3) is 2.81. The highest BCUT2D eigenvalue weighted by Crippen LogP contribution is 2.23. The molecular formula is C17H17FN2O. The summed E-state index contributed by atoms with van der Waals surface area (Å²) in [5.74, 6) is -0.753. The van der Waals surface area contributed by atoms with E-state index in [0.29, 0.717) is 11.1 Å². The van der Waals surface area contributed by atoms with Crippen molar-refractivity contribution in [2.24, 2.45) is 5.73 Å². The zero-order valence-corrected chi connectivity index (χ0v) is 11.7. The lowest BCUT2D eigenvalue weighted by molar-refractivity contribution is 0.102. The lowest BCUT2D eigenvalue weighted by atomic mass is 10.1. The predicted octanol–water partition coefficient (Wildman–Crippen LogP) is 3.03. The Bertz CT molecular complexity index is 697. The Balaban J connectivity index is 1.80. The number of carbonyl (C=O) groups excluding carboxylic acids is 1. The second-order valence-electron chi connectivity index (χ2n) is 5.31. The second-order valence-corrected chi connectivity index (χ2v) is 5.31. The molecule has 1 aliphatic carbocycles. The number of benzene rings is 2. The zero-order valence-electron chi connectivity index (χ0n) is 11.7. The third-order valence-electron chi connectivity index (χ3n) is 3.88. The van der Waals surface area contributed by atoms with Crippen LogP contribution in [0.2, 0.25) is 0 Å². The Morgan fingerprint density at radius 3 is 2.71 bits per heavy atom. The minimum Gasteiger partial charge on any atom is -0.326 e. The number of aryl methyl sites for hydroxylation is 2. The Hall–Kier alpha value is -2.20. The maximum atomic E-state index is 13.9. The van der Waals surface area contributed by atoms with Crippen molar-refractivity contribution >= 4 is 11.6 Å². The van der Waals surface area contributed by atoms with Crippen LogP contribution in [0.4, 0.5) is 10.1 Å². The zero-order chi connectivity index (χ0) is 14.8. The molecule has 0 atom stereocenters. The number of halogens is 1. The van der Waals surface area contributed by atoms with Gasteiger partial charge in [-0.05, 0) is 60.2 Å². The van der Waals surface area contributed by atoms with Crippen LogP contribution < -0.4 is 11.1 Å². The molecule has 0 aliphatic heterocycles. The van der Waals surface area contributed by atoms with Crippen LogP contribution >= 0.6 is 0 Å². The molecule has 0 radical (unpaired) electrons. The third-order valence-corrected chi connectivity index (χ3v) is 3.88. The smallest absolute Gasteiger partial charge is 0.255 e. The molecule has 0 unspecified atom stereocenters. The standard InChI is InChI=1S/C17H17FN2O/c18-15-8-11(10-19)4-7-16(15)20-17(21)14-6-5-12-2-1-3-13(12)9-14/h4-9H,1-3,10,19H2,(H,20,21). The quantitative estimate of drug-likeness (QED) is 0.910. The average molecular weight is 284 g/mol. The monoisotopic (exact) mass is 284 g/mol. The summed E-state index contributed by atoms with van der Waals surface area (Å²) in [5.41, 5.74) is 9.44. The first-order valence-electron chi connectivity index (χ1n) is 7.09. The highest BCUT2D eigenvalue weighted by atomic mass is 19.1. The van der Waals surface area contributed by atoms with Crippen molar-refractivity contribution in [3.05, 3.63) is 64.5 Å². The van der Waals surface area contributed by atoms with Crippen LogP contribution in [0.1, 0.15) is 33.5 Å². The Morgan fingerprint density at radius 2 is 1.95 bits per heavy atom. The summed E-state index contributed by atoms with van der Waals surface area (Å²) >= 11 is 0. The van der Waals surface area contributed by atoms with E-state index in [-0.39, 0.29) is 18.1 Å². The maximum Gasteiger partial charge on any atom is 0.255 e. The SMILES string of the molecule is NCc1ccc(NC(=O)c2ccc3c(c2)CCC3)c(F)c1. The van der Waals surface area contributed by atoms with Crippen LogP contribution in [0, 0.1) is 5.82 Å². The van der Waals surface area contributed by atoms with E-state index >= 15 is 0 Å². The highest BCUT2D eigenvalue weighted by molar-refractivity contribution is 6.04. The summed E-state index contributed by atoms with van der Waals surface area (Å²) in [4.78, 5) is 12.2. The lowest BCUT2D eigenvalue weighted by Crippen LogP contribution is -2.13. The van der Waals surface area contributed by atoms with E-state index in [1.165, 1.54) is 17.2 Å². The molecule has 0 aromatic heterocycles. The van der Waals surface area contributed by atoms with E-state index in [2.05, 4.69) is 5.32 Å². The minimum atomic E-state index is -0.465. The largest absolute Gasteiger partial charge is 0.326 e. The van der Waals surface area contributed by atoms with Crippen LogP contribution in [0.3, 0.4) is 0 Å². The van der Waals surface area contributed by atoms with Crippen molar-refractivity contribution in [2.45, 2.75) is 25.8 Å². The van der Waals surface area contributed by atoms with Crippen LogP contribution in [-0.2, 0) is 19.4 Å². The van der Waals surface area contributed by atoms with Gasteiger partial charge in [0.25, 0.3) is 5.91 Å². The van der Waals surface area contributed by atoms with Gasteiger partial charge in [0.1, 0.15) is 5.82 Å². The van der Waals surface area contributed by atoms with Gasteiger partial charge in [-0.25, -0.2) is 4.39 Å². The van der Waals surface area contributed by atoms with Gasteiger partial charge in [0.15, 0.2) is 0 Å². The fraction of sp³-hybridized carbons (Fsp3) is 0.235. The Kier molecular flexibility index (Phi) is 3.71. The van der Waals surface area contributed by atoms with Crippen molar-refractivity contribution in [3.63, 3.8) is 0 Å². The fourth-order valence-electron chi connectivity index (χ4n) is 2.69. The van der Waals surface area contributed by atoms with Gasteiger partial charge < -0.3 is 11.1 Å². The summed E-state index contributed by atoms with van der Waals surface area (Å²) in [6.07, 6.45) is 3.22. The molecule has 1 aliphatic rings. The molecule has 0 saturated carbocycles. The van der Waals surface area contributed by atoms with Crippen LogP contribution in [0.5, 0.6) is 0 Å². The molecule has 0 bridgehead atoms. The molecule has 3 N–H and O–H groups in total. The molecule has 0 fully saturated rings. The van der Waals surface area contributed by atoms with E-state index in [1.54, 1.807) is 18.2 Å². The number of hydrogen-bond acceptors (Lipinski definition) is 2. The van der Waals surface area contributed by atoms with Gasteiger partial charge >= 0.3 is 0 Å². The molecule has 2 aromatic carbocycles. The number of nitrogens with one attached hydrogen (secondary N) is 1. The molecule has 0 heterocycles. The first-order valence-corrected chi connectivity index (χ1v) is 7.09. The van der Waals surface area contributed by atoms with E-state index in [0.717, 1.165) is 19.3 Å². The summed E-state index contributed by atoms with van der Waals surface area (Å²) in [6, 6.07) is 10.3. The maximum absolute atomic E-state index is 13.9. The Morgan fingerprint density at radius 1 is 1.14 bits per heavy atom. The Labute approximate surface area is 123 Å². The topological polar surface area (TPSA) is 55.1 Å². The van der Waals surface area contributed by atoms with Crippen molar-refractivity contribution < 1.29 is 9.18 Å². The van der Waals surface area contributed by atoms with Gasteiger partial charge in [-0.1, -0.05) is 12.1 Å². The van der Waals surface area contributed by atoms with Crippen LogP contribution in [0.15, 0.2) is 36.4 Å². The van der Waals surface area contributed by atoms with Gasteiger partial charge in [-0.15, -0.1) is 0 Å². The molecule has 0 spiro atoms. The number of carbonyl (C=O) groups is 1. The highest BCUT2D eigenvalue weighted by Gasteiger charge is 2.15. The molecule has 1 amide bonds. The molecule has 4 heteroatoms. The molecular weight excluding hydrogens is 267 g/mol. The van der Waals surface area contributed by atoms with Crippen molar-refractivity contribution in [1.29, 1.82) is 0 Å². The second kappa shape index (κ2) is 5.66. The molecule has 21 heavy (non-hydrogen) atoms. The normalized spacial score (nSPS) is 13.0. The number of nitrogens with two attached hydrogens (primary N) is 1. The number of hydrogen-bond donors (Lipinski definition) is 2. The number of anilines is 1. The number of fused-ring (bicyclic) bond motifs is 1. The van der Waals surface area contributed by atoms with Gasteiger partial charge in [0.2, 0.25) is 0 Å². The van der Waals surface area contributed by atoms with Crippen molar-refractivity contribution in [3.8, 4) is 0 Å². The molecule has 3 rings (SSSR count). The van der Waals surface area contributed by atoms with Crippen molar-refractivity contribution in [1.82, 2.24) is 0 Å². The van der Waals surface area contributed by atoms with Gasteiger partial charge in [0.05, 0.1) is 5.69 Å². The average Bonchev–Trinajstić information content (AvgIpc) is 2.96. The van der Waals surface area contributed by atoms with Crippen LogP contribution in [-0.4, -0.2) is 5.91 Å². The van der Waals surface area contributed by atoms with Gasteiger partial charge in [-0.3, -0.25) is 4.79 Å². The van der Waals surface area contributed by atoms with E-state index in [4.69, 9.17) is 5.73 Å². The molecule has 108 valence electrons. The molecule has 0 saturated heterocycles.